The second kappa shape index (κ2) is 8.51. The first-order chi connectivity index (χ1) is 13.5. The third-order valence-corrected chi connectivity index (χ3v) is 4.18. The maximum Gasteiger partial charge on any atom is 0.276 e. The molecule has 3 aromatic rings. The summed E-state index contributed by atoms with van der Waals surface area (Å²) in [6.45, 7) is 7.40. The van der Waals surface area contributed by atoms with E-state index in [1.54, 1.807) is 4.90 Å². The summed E-state index contributed by atoms with van der Waals surface area (Å²) in [5, 5.41) is 8.11. The predicted molar refractivity (Wildman–Crippen MR) is 103 cm³/mol. The second-order valence-electron chi connectivity index (χ2n) is 6.30. The molecule has 0 spiro atoms. The smallest absolute Gasteiger partial charge is 0.276 e. The highest BCUT2D eigenvalue weighted by molar-refractivity contribution is 5.95. The molecular weight excluding hydrogens is 358 g/mol. The second-order valence-corrected chi connectivity index (χ2v) is 6.30. The van der Waals surface area contributed by atoms with Crippen LogP contribution in [0.3, 0.4) is 0 Å². The highest BCUT2D eigenvalue weighted by Gasteiger charge is 2.22. The van der Waals surface area contributed by atoms with Crippen LogP contribution in [0.5, 0.6) is 0 Å². The molecule has 0 aliphatic rings. The van der Waals surface area contributed by atoms with Gasteiger partial charge in [0.15, 0.2) is 5.69 Å². The van der Waals surface area contributed by atoms with E-state index in [9.17, 15) is 4.79 Å². The summed E-state index contributed by atoms with van der Waals surface area (Å²) >= 11 is 0. The molecule has 146 valence electrons. The molecule has 10 nitrogen and oxygen atoms in total. The van der Waals surface area contributed by atoms with Gasteiger partial charge in [-0.2, -0.15) is 10.2 Å². The molecule has 0 aliphatic carbocycles. The minimum Gasteiger partial charge on any atom is -0.342 e. The molecule has 0 N–H and O–H groups in total. The van der Waals surface area contributed by atoms with Gasteiger partial charge in [0.1, 0.15) is 0 Å². The Balaban J connectivity index is 1.74. The Bertz CT molecular complexity index is 922. The summed E-state index contributed by atoms with van der Waals surface area (Å²) in [6, 6.07) is 1.93. The molecule has 0 unspecified atom stereocenters. The molecule has 28 heavy (non-hydrogen) atoms. The van der Waals surface area contributed by atoms with Gasteiger partial charge in [0, 0.05) is 50.5 Å². The van der Waals surface area contributed by atoms with E-state index in [2.05, 4.69) is 30.1 Å². The van der Waals surface area contributed by atoms with Crippen LogP contribution in [0.25, 0.3) is 5.82 Å². The number of carbonyl (C=O) groups is 1. The predicted octanol–water partition coefficient (Wildman–Crippen LogP) is 1.06. The maximum atomic E-state index is 13.1. The van der Waals surface area contributed by atoms with Crippen LogP contribution in [-0.4, -0.2) is 72.4 Å². The zero-order valence-corrected chi connectivity index (χ0v) is 16.4. The molecular formula is C18H23N9O. The standard InChI is InChI=1S/C18H23N9O/c1-5-26(11-10-25(4)18-23-13(2)12-14(3)24-18)17(28)15-16(20-7-6-19-15)27-21-8-9-22-27/h6-9,12H,5,10-11H2,1-4H3. The number of aryl methyl sites for hydroxylation is 2. The fourth-order valence-corrected chi connectivity index (χ4v) is 2.75. The van der Waals surface area contributed by atoms with Crippen LogP contribution >= 0.6 is 0 Å². The van der Waals surface area contributed by atoms with E-state index in [-0.39, 0.29) is 11.6 Å². The van der Waals surface area contributed by atoms with E-state index in [1.807, 2.05) is 38.8 Å². The lowest BCUT2D eigenvalue weighted by atomic mass is 10.3. The number of hydrogen-bond acceptors (Lipinski definition) is 8. The summed E-state index contributed by atoms with van der Waals surface area (Å²) in [5.74, 6) is 0.724. The number of amides is 1. The normalized spacial score (nSPS) is 10.7. The Morgan fingerprint density at radius 3 is 2.29 bits per heavy atom. The summed E-state index contributed by atoms with van der Waals surface area (Å²) in [5.41, 5.74) is 2.04. The van der Waals surface area contributed by atoms with Gasteiger partial charge in [-0.3, -0.25) is 4.79 Å². The van der Waals surface area contributed by atoms with Crippen LogP contribution in [0.4, 0.5) is 5.95 Å². The molecule has 3 rings (SSSR count). The highest BCUT2D eigenvalue weighted by atomic mass is 16.2. The van der Waals surface area contributed by atoms with Gasteiger partial charge in [-0.05, 0) is 26.8 Å². The van der Waals surface area contributed by atoms with Crippen LogP contribution in [0, 0.1) is 13.8 Å². The number of anilines is 1. The van der Waals surface area contributed by atoms with Gasteiger partial charge < -0.3 is 9.80 Å². The fourth-order valence-electron chi connectivity index (χ4n) is 2.75. The number of nitrogens with zero attached hydrogens (tertiary/aromatic N) is 9. The third kappa shape index (κ3) is 4.27. The number of rotatable bonds is 7. The van der Waals surface area contributed by atoms with Crippen molar-refractivity contribution in [3.63, 3.8) is 0 Å². The van der Waals surface area contributed by atoms with Crippen LogP contribution in [0.1, 0.15) is 28.8 Å². The largest absolute Gasteiger partial charge is 0.342 e. The van der Waals surface area contributed by atoms with Gasteiger partial charge in [0.2, 0.25) is 11.8 Å². The zero-order valence-electron chi connectivity index (χ0n) is 16.4. The first-order valence-electron chi connectivity index (χ1n) is 9.00. The molecule has 0 radical (unpaired) electrons. The van der Waals surface area contributed by atoms with Crippen molar-refractivity contribution in [2.24, 2.45) is 0 Å². The Labute approximate surface area is 163 Å². The van der Waals surface area contributed by atoms with Crippen molar-refractivity contribution in [2.45, 2.75) is 20.8 Å². The topological polar surface area (TPSA) is 106 Å². The Morgan fingerprint density at radius 1 is 1.00 bits per heavy atom. The number of hydrogen-bond donors (Lipinski definition) is 0. The van der Waals surface area contributed by atoms with Gasteiger partial charge in [0.25, 0.3) is 5.91 Å². The quantitative estimate of drug-likeness (QED) is 0.598. The molecule has 0 bridgehead atoms. The Hall–Kier alpha value is -3.43. The van der Waals surface area contributed by atoms with Crippen molar-refractivity contribution in [3.05, 3.63) is 47.9 Å². The Kier molecular flexibility index (Phi) is 5.87. The monoisotopic (exact) mass is 381 g/mol. The minimum absolute atomic E-state index is 0.214. The lowest BCUT2D eigenvalue weighted by Gasteiger charge is -2.25. The Morgan fingerprint density at radius 2 is 1.64 bits per heavy atom. The molecule has 0 fully saturated rings. The summed E-state index contributed by atoms with van der Waals surface area (Å²) in [6.07, 6.45) is 6.05. The molecule has 0 saturated heterocycles. The van der Waals surface area contributed by atoms with Gasteiger partial charge in [-0.15, -0.1) is 4.80 Å². The van der Waals surface area contributed by atoms with E-state index in [1.165, 1.54) is 29.6 Å². The van der Waals surface area contributed by atoms with Crippen molar-refractivity contribution < 1.29 is 4.79 Å². The minimum atomic E-state index is -0.224. The van der Waals surface area contributed by atoms with E-state index < -0.39 is 0 Å². The van der Waals surface area contributed by atoms with Gasteiger partial charge in [0.05, 0.1) is 12.4 Å². The SMILES string of the molecule is CCN(CCN(C)c1nc(C)cc(C)n1)C(=O)c1nccnc1-n1nccn1. The first-order valence-corrected chi connectivity index (χ1v) is 9.00. The molecule has 0 aliphatic heterocycles. The maximum absolute atomic E-state index is 13.1. The van der Waals surface area contributed by atoms with Crippen molar-refractivity contribution >= 4 is 11.9 Å². The zero-order chi connectivity index (χ0) is 20.1. The lowest BCUT2D eigenvalue weighted by molar-refractivity contribution is 0.0762. The van der Waals surface area contributed by atoms with Crippen LogP contribution in [0.2, 0.25) is 0 Å². The van der Waals surface area contributed by atoms with Crippen molar-refractivity contribution in [1.29, 1.82) is 0 Å². The molecule has 3 heterocycles. The highest BCUT2D eigenvalue weighted by Crippen LogP contribution is 2.11. The van der Waals surface area contributed by atoms with Crippen molar-refractivity contribution in [1.82, 2.24) is 39.8 Å². The summed E-state index contributed by atoms with van der Waals surface area (Å²) < 4.78 is 0. The average molecular weight is 381 g/mol. The van der Waals surface area contributed by atoms with Crippen LogP contribution < -0.4 is 4.90 Å². The summed E-state index contributed by atoms with van der Waals surface area (Å²) in [7, 11) is 1.91. The lowest BCUT2D eigenvalue weighted by Crippen LogP contribution is -2.39. The van der Waals surface area contributed by atoms with Crippen LogP contribution in [0.15, 0.2) is 30.9 Å². The third-order valence-electron chi connectivity index (χ3n) is 4.18. The molecule has 10 heteroatoms. The molecule has 3 aromatic heterocycles. The van der Waals surface area contributed by atoms with Crippen molar-refractivity contribution in [2.75, 3.05) is 31.6 Å². The van der Waals surface area contributed by atoms with E-state index >= 15 is 0 Å². The van der Waals surface area contributed by atoms with E-state index in [4.69, 9.17) is 0 Å². The number of likely N-dealkylation sites (N-methyl/N-ethyl adjacent to an activating group) is 2. The van der Waals surface area contributed by atoms with E-state index in [0.717, 1.165) is 11.4 Å². The number of carbonyl (C=O) groups excluding carboxylic acids is 1. The van der Waals surface area contributed by atoms with Crippen LogP contribution in [-0.2, 0) is 0 Å². The first kappa shape index (κ1) is 19.3. The van der Waals surface area contributed by atoms with Gasteiger partial charge in [-0.25, -0.2) is 19.9 Å². The molecule has 0 atom stereocenters. The molecule has 0 aromatic carbocycles. The molecule has 1 amide bonds. The van der Waals surface area contributed by atoms with E-state index in [0.29, 0.717) is 31.4 Å². The fraction of sp³-hybridized carbons (Fsp3) is 0.389. The molecule has 0 saturated carbocycles. The average Bonchev–Trinajstić information content (AvgIpc) is 3.22. The van der Waals surface area contributed by atoms with Gasteiger partial charge in [-0.1, -0.05) is 0 Å². The summed E-state index contributed by atoms with van der Waals surface area (Å²) in [4.78, 5) is 35.3. The van der Waals surface area contributed by atoms with Gasteiger partial charge >= 0.3 is 0 Å². The van der Waals surface area contributed by atoms with Crippen molar-refractivity contribution in [3.8, 4) is 5.82 Å². The number of aromatic nitrogens is 7.